The third kappa shape index (κ3) is 5.11. The zero-order valence-corrected chi connectivity index (χ0v) is 20.4. The summed E-state index contributed by atoms with van der Waals surface area (Å²) in [4.78, 5) is 38.6. The van der Waals surface area contributed by atoms with Crippen LogP contribution in [0.15, 0.2) is 78.0 Å². The number of carbonyl (C=O) groups is 3. The number of alkyl halides is 1. The number of halogens is 2. The Morgan fingerprint density at radius 3 is 2.03 bits per heavy atom. The average molecular weight is 523 g/mol. The van der Waals surface area contributed by atoms with Crippen LogP contribution < -0.4 is 0 Å². The van der Waals surface area contributed by atoms with Crippen molar-refractivity contribution >= 4 is 35.6 Å². The number of fused-ring (bicyclic) bond motifs is 1. The van der Waals surface area contributed by atoms with Crippen LogP contribution in [0.1, 0.15) is 45.5 Å². The standard InChI is InChI=1S/C28H24ClFN2O5/c29-22-13-9-19(10-14-22)18-7-11-21(12-8-18)28(30,27(35)36)20(15-16-31-37)4-3-17-32-25(33)23-5-1-2-6-24(23)26(32)34/h1-2,5-14,16,20,37H,3-4,15,17H2,(H,35,36). The molecule has 1 aliphatic rings. The highest BCUT2D eigenvalue weighted by atomic mass is 35.5. The molecular weight excluding hydrogens is 499 g/mol. The fourth-order valence-corrected chi connectivity index (χ4v) is 4.80. The summed E-state index contributed by atoms with van der Waals surface area (Å²) in [6.07, 6.45) is 1.06. The topological polar surface area (TPSA) is 107 Å². The van der Waals surface area contributed by atoms with Crippen molar-refractivity contribution in [1.82, 2.24) is 4.90 Å². The van der Waals surface area contributed by atoms with Gasteiger partial charge in [0.05, 0.1) is 11.1 Å². The molecule has 0 saturated carbocycles. The summed E-state index contributed by atoms with van der Waals surface area (Å²) in [7, 11) is 0. The number of imide groups is 1. The Kier molecular flexibility index (Phi) is 7.69. The number of benzene rings is 3. The van der Waals surface area contributed by atoms with Gasteiger partial charge in [-0.3, -0.25) is 14.5 Å². The maximum Gasteiger partial charge on any atom is 0.346 e. The molecule has 4 rings (SSSR count). The molecule has 0 saturated heterocycles. The smallest absolute Gasteiger partial charge is 0.346 e. The molecule has 9 heteroatoms. The van der Waals surface area contributed by atoms with Crippen molar-refractivity contribution in [2.24, 2.45) is 11.1 Å². The van der Waals surface area contributed by atoms with Crippen LogP contribution in [0.4, 0.5) is 4.39 Å². The first kappa shape index (κ1) is 26.0. The van der Waals surface area contributed by atoms with E-state index in [1.165, 1.54) is 12.1 Å². The molecule has 2 atom stereocenters. The highest BCUT2D eigenvalue weighted by Crippen LogP contribution is 2.40. The first-order valence-corrected chi connectivity index (χ1v) is 12.0. The number of carboxylic acids is 1. The number of hydrogen-bond acceptors (Lipinski definition) is 5. The lowest BCUT2D eigenvalue weighted by molar-refractivity contribution is -0.156. The van der Waals surface area contributed by atoms with Crippen LogP contribution in [-0.4, -0.2) is 45.8 Å². The van der Waals surface area contributed by atoms with Gasteiger partial charge in [-0.25, -0.2) is 9.18 Å². The molecule has 2 amide bonds. The van der Waals surface area contributed by atoms with E-state index in [2.05, 4.69) is 5.16 Å². The van der Waals surface area contributed by atoms with E-state index in [1.54, 1.807) is 60.7 Å². The Bertz CT molecular complexity index is 1310. The average Bonchev–Trinajstić information content (AvgIpc) is 3.15. The quantitative estimate of drug-likeness (QED) is 0.151. The van der Waals surface area contributed by atoms with E-state index >= 15 is 4.39 Å². The summed E-state index contributed by atoms with van der Waals surface area (Å²) in [5.74, 6) is -3.67. The number of aliphatic carboxylic acids is 1. The number of carbonyl (C=O) groups excluding carboxylic acids is 2. The molecule has 190 valence electrons. The van der Waals surface area contributed by atoms with Gasteiger partial charge in [0.2, 0.25) is 5.67 Å². The van der Waals surface area contributed by atoms with Gasteiger partial charge in [-0.15, -0.1) is 5.16 Å². The van der Waals surface area contributed by atoms with Gasteiger partial charge in [0.15, 0.2) is 0 Å². The van der Waals surface area contributed by atoms with Crippen molar-refractivity contribution in [1.29, 1.82) is 0 Å². The minimum Gasteiger partial charge on any atom is -0.479 e. The van der Waals surface area contributed by atoms with E-state index in [-0.39, 0.29) is 31.4 Å². The van der Waals surface area contributed by atoms with Gasteiger partial charge in [0.25, 0.3) is 11.8 Å². The van der Waals surface area contributed by atoms with Gasteiger partial charge in [-0.05, 0) is 54.7 Å². The fourth-order valence-electron chi connectivity index (χ4n) is 4.67. The first-order chi connectivity index (χ1) is 17.8. The minimum absolute atomic E-state index is 0.00428. The number of hydrogen-bond donors (Lipinski definition) is 2. The van der Waals surface area contributed by atoms with Crippen molar-refractivity contribution in [3.8, 4) is 11.1 Å². The lowest BCUT2D eigenvalue weighted by Crippen LogP contribution is -2.40. The van der Waals surface area contributed by atoms with Gasteiger partial charge < -0.3 is 10.3 Å². The van der Waals surface area contributed by atoms with Crippen molar-refractivity contribution in [2.75, 3.05) is 6.54 Å². The van der Waals surface area contributed by atoms with Crippen molar-refractivity contribution in [2.45, 2.75) is 24.9 Å². The van der Waals surface area contributed by atoms with Crippen molar-refractivity contribution in [3.05, 3.63) is 94.5 Å². The molecule has 0 aromatic heterocycles. The van der Waals surface area contributed by atoms with E-state index in [0.29, 0.717) is 16.1 Å². The van der Waals surface area contributed by atoms with Crippen LogP contribution in [0.2, 0.25) is 5.02 Å². The third-order valence-corrected chi connectivity index (χ3v) is 6.89. The van der Waals surface area contributed by atoms with Crippen LogP contribution in [0.25, 0.3) is 11.1 Å². The number of amides is 2. The Hall–Kier alpha value is -4.04. The van der Waals surface area contributed by atoms with Gasteiger partial charge in [-0.2, -0.15) is 0 Å². The van der Waals surface area contributed by atoms with Gasteiger partial charge in [-0.1, -0.05) is 60.1 Å². The van der Waals surface area contributed by atoms with Crippen molar-refractivity contribution in [3.63, 3.8) is 0 Å². The molecule has 1 aliphatic heterocycles. The van der Waals surface area contributed by atoms with Crippen LogP contribution in [0.3, 0.4) is 0 Å². The third-order valence-electron chi connectivity index (χ3n) is 6.64. The molecule has 2 unspecified atom stereocenters. The van der Waals surface area contributed by atoms with Gasteiger partial charge in [0.1, 0.15) is 0 Å². The molecule has 0 radical (unpaired) electrons. The molecule has 1 heterocycles. The normalized spacial score (nSPS) is 15.6. The highest BCUT2D eigenvalue weighted by molar-refractivity contribution is 6.30. The predicted molar refractivity (Wildman–Crippen MR) is 137 cm³/mol. The summed E-state index contributed by atoms with van der Waals surface area (Å²) in [6.45, 7) is 0.00428. The highest BCUT2D eigenvalue weighted by Gasteiger charge is 2.48. The molecule has 0 bridgehead atoms. The first-order valence-electron chi connectivity index (χ1n) is 11.7. The van der Waals surface area contributed by atoms with Gasteiger partial charge >= 0.3 is 5.97 Å². The number of rotatable bonds is 10. The molecule has 3 aromatic rings. The van der Waals surface area contributed by atoms with E-state index < -0.39 is 29.4 Å². The monoisotopic (exact) mass is 522 g/mol. The summed E-state index contributed by atoms with van der Waals surface area (Å²) in [5.41, 5.74) is -0.658. The molecule has 37 heavy (non-hydrogen) atoms. The fraction of sp³-hybridized carbons (Fsp3) is 0.214. The Balaban J connectivity index is 1.54. The molecule has 3 aromatic carbocycles. The zero-order chi connectivity index (χ0) is 26.6. The lowest BCUT2D eigenvalue weighted by atomic mass is 9.78. The summed E-state index contributed by atoms with van der Waals surface area (Å²) in [5, 5.41) is 22.4. The second-order valence-corrected chi connectivity index (χ2v) is 9.22. The predicted octanol–water partition coefficient (Wildman–Crippen LogP) is 5.80. The maximum absolute atomic E-state index is 16.4. The van der Waals surface area contributed by atoms with E-state index in [9.17, 15) is 19.5 Å². The van der Waals surface area contributed by atoms with Crippen LogP contribution in [0.5, 0.6) is 0 Å². The number of oxime groups is 1. The summed E-state index contributed by atoms with van der Waals surface area (Å²) >= 11 is 5.93. The SMILES string of the molecule is O=C1c2ccccc2C(=O)N1CCCC(CC=NO)C(F)(C(=O)O)c1ccc(-c2ccc(Cl)cc2)cc1. The molecule has 7 nitrogen and oxygen atoms in total. The Morgan fingerprint density at radius 2 is 1.51 bits per heavy atom. The molecule has 2 N–H and O–H groups in total. The van der Waals surface area contributed by atoms with Crippen LogP contribution in [-0.2, 0) is 10.5 Å². The number of nitrogens with zero attached hydrogens (tertiary/aromatic N) is 2. The molecule has 0 aliphatic carbocycles. The largest absolute Gasteiger partial charge is 0.479 e. The second kappa shape index (κ2) is 10.9. The number of carboxylic acid groups (broad SMARTS) is 1. The molecular formula is C28H24ClFN2O5. The van der Waals surface area contributed by atoms with E-state index in [1.807, 2.05) is 0 Å². The van der Waals surface area contributed by atoms with Gasteiger partial charge in [0, 0.05) is 29.3 Å². The minimum atomic E-state index is -2.80. The van der Waals surface area contributed by atoms with Crippen molar-refractivity contribution < 1.29 is 29.1 Å². The molecule has 0 fully saturated rings. The zero-order valence-electron chi connectivity index (χ0n) is 19.7. The van der Waals surface area contributed by atoms with Crippen LogP contribution in [0, 0.1) is 5.92 Å². The molecule has 0 spiro atoms. The van der Waals surface area contributed by atoms with E-state index in [0.717, 1.165) is 22.2 Å². The second-order valence-electron chi connectivity index (χ2n) is 8.78. The Labute approximate surface area is 217 Å². The summed E-state index contributed by atoms with van der Waals surface area (Å²) in [6, 6.07) is 19.6. The maximum atomic E-state index is 16.4. The summed E-state index contributed by atoms with van der Waals surface area (Å²) < 4.78 is 16.4. The lowest BCUT2D eigenvalue weighted by Gasteiger charge is -2.30. The van der Waals surface area contributed by atoms with E-state index in [4.69, 9.17) is 16.8 Å². The Morgan fingerprint density at radius 1 is 0.973 bits per heavy atom. The van der Waals surface area contributed by atoms with Crippen LogP contribution >= 0.6 is 11.6 Å².